The Kier molecular flexibility index (Phi) is 5.10. The van der Waals surface area contributed by atoms with Crippen LogP contribution in [0.3, 0.4) is 0 Å². The van der Waals surface area contributed by atoms with E-state index in [9.17, 15) is 23.3 Å². The van der Waals surface area contributed by atoms with Crippen molar-refractivity contribution in [1.29, 1.82) is 0 Å². The molecule has 0 spiro atoms. The Balaban J connectivity index is 2.15. The van der Waals surface area contributed by atoms with E-state index in [0.29, 0.717) is 25.9 Å². The molecule has 1 aliphatic heterocycles. The molecular weight excluding hydrogens is 317 g/mol. The lowest BCUT2D eigenvalue weighted by Gasteiger charge is -2.24. The van der Waals surface area contributed by atoms with Gasteiger partial charge in [0.05, 0.1) is 12.0 Å². The van der Waals surface area contributed by atoms with Crippen LogP contribution >= 0.6 is 0 Å². The van der Waals surface area contributed by atoms with Gasteiger partial charge in [0.2, 0.25) is 0 Å². The van der Waals surface area contributed by atoms with Gasteiger partial charge in [0.15, 0.2) is 11.9 Å². The first-order valence-electron chi connectivity index (χ1n) is 7.03. The van der Waals surface area contributed by atoms with Crippen molar-refractivity contribution in [3.8, 4) is 5.75 Å². The molecule has 0 saturated heterocycles. The molecule has 1 atom stereocenters. The van der Waals surface area contributed by atoms with Gasteiger partial charge in [0.25, 0.3) is 0 Å². The van der Waals surface area contributed by atoms with E-state index in [1.165, 1.54) is 18.1 Å². The number of alkyl halides is 3. The van der Waals surface area contributed by atoms with Crippen molar-refractivity contribution in [2.24, 2.45) is 0 Å². The van der Waals surface area contributed by atoms with E-state index in [0.717, 1.165) is 11.1 Å². The predicted molar refractivity (Wildman–Crippen MR) is 75.6 cm³/mol. The molecule has 6 nitrogen and oxygen atoms in total. The molecule has 2 rings (SSSR count). The second-order valence-electron chi connectivity index (χ2n) is 5.41. The maximum atomic E-state index is 12.4. The van der Waals surface area contributed by atoms with Crippen LogP contribution in [0.25, 0.3) is 0 Å². The number of nitrogens with zero attached hydrogens (tertiary/aromatic N) is 2. The van der Waals surface area contributed by atoms with Crippen molar-refractivity contribution < 1.29 is 27.9 Å². The van der Waals surface area contributed by atoms with Gasteiger partial charge in [-0.05, 0) is 30.0 Å². The molecular formula is C14H17F3N2O4. The molecule has 0 amide bonds. The van der Waals surface area contributed by atoms with Gasteiger partial charge in [-0.25, -0.2) is 0 Å². The smallest absolute Gasteiger partial charge is 0.415 e. The largest absolute Gasteiger partial charge is 0.490 e. The summed E-state index contributed by atoms with van der Waals surface area (Å²) in [7, 11) is 1.33. The summed E-state index contributed by atoms with van der Waals surface area (Å²) in [5.41, 5.74) is 1.38. The number of nitro benzene ring substituents is 1. The molecule has 1 aliphatic rings. The molecule has 0 saturated carbocycles. The topological polar surface area (TPSA) is 75.8 Å². The zero-order valence-electron chi connectivity index (χ0n) is 12.5. The first kappa shape index (κ1) is 17.5. The Hall–Kier alpha value is -1.87. The average molecular weight is 334 g/mol. The van der Waals surface area contributed by atoms with Crippen LogP contribution in [-0.4, -0.2) is 54.0 Å². The zero-order chi connectivity index (χ0) is 17.2. The number of halogens is 3. The van der Waals surface area contributed by atoms with Crippen LogP contribution in [0.1, 0.15) is 11.1 Å². The number of nitro groups is 1. The first-order valence-corrected chi connectivity index (χ1v) is 7.03. The number of benzene rings is 1. The number of rotatable bonds is 4. The lowest BCUT2D eigenvalue weighted by molar-refractivity contribution is -0.385. The van der Waals surface area contributed by atoms with Crippen molar-refractivity contribution in [2.75, 3.05) is 26.7 Å². The summed E-state index contributed by atoms with van der Waals surface area (Å²) in [6.07, 6.45) is -6.23. The molecule has 1 aromatic rings. The highest BCUT2D eigenvalue weighted by molar-refractivity contribution is 5.52. The minimum absolute atomic E-state index is 0.137. The molecule has 9 heteroatoms. The highest BCUT2D eigenvalue weighted by Gasteiger charge is 2.39. The van der Waals surface area contributed by atoms with Crippen LogP contribution < -0.4 is 4.74 Å². The van der Waals surface area contributed by atoms with Gasteiger partial charge in [-0.15, -0.1) is 0 Å². The summed E-state index contributed by atoms with van der Waals surface area (Å²) in [6.45, 7) is 0.126. The molecule has 23 heavy (non-hydrogen) atoms. The van der Waals surface area contributed by atoms with E-state index in [2.05, 4.69) is 0 Å². The van der Waals surface area contributed by atoms with Crippen LogP contribution in [0.15, 0.2) is 12.1 Å². The summed E-state index contributed by atoms with van der Waals surface area (Å²) in [5, 5.41) is 20.2. The summed E-state index contributed by atoms with van der Waals surface area (Å²) in [5.74, 6) is 0.137. The number of methoxy groups -OCH3 is 1. The molecule has 0 radical (unpaired) electrons. The maximum absolute atomic E-state index is 12.4. The minimum atomic E-state index is -4.65. The summed E-state index contributed by atoms with van der Waals surface area (Å²) < 4.78 is 42.3. The molecule has 1 aromatic carbocycles. The number of aliphatic hydroxyl groups is 1. The Morgan fingerprint density at radius 2 is 1.91 bits per heavy atom. The number of hydrogen-bond acceptors (Lipinski definition) is 5. The van der Waals surface area contributed by atoms with Crippen LogP contribution in [0, 0.1) is 10.1 Å². The lowest BCUT2D eigenvalue weighted by Crippen LogP contribution is -2.41. The molecule has 1 N–H and O–H groups in total. The van der Waals surface area contributed by atoms with Gasteiger partial charge in [-0.3, -0.25) is 15.0 Å². The molecule has 0 aromatic heterocycles. The normalized spacial score (nSPS) is 17.3. The predicted octanol–water partition coefficient (Wildman–Crippen LogP) is 1.93. The van der Waals surface area contributed by atoms with E-state index in [4.69, 9.17) is 9.84 Å². The van der Waals surface area contributed by atoms with E-state index in [1.54, 1.807) is 6.07 Å². The van der Waals surface area contributed by atoms with Crippen LogP contribution in [-0.2, 0) is 12.8 Å². The standard InChI is InChI=1S/C14H17F3N2O4/c1-23-12-7-10-3-5-18(8-13(20)14(15,16)17)4-2-9(10)6-11(12)19(21)22/h6-7,13,20H,2-5,8H2,1H3. The SMILES string of the molecule is COc1cc2c(cc1[N+](=O)[O-])CCN(CC(O)C(F)(F)F)CC2. The zero-order valence-corrected chi connectivity index (χ0v) is 12.5. The van der Waals surface area contributed by atoms with Gasteiger partial charge >= 0.3 is 11.9 Å². The monoisotopic (exact) mass is 334 g/mol. The van der Waals surface area contributed by atoms with E-state index in [-0.39, 0.29) is 11.4 Å². The fourth-order valence-corrected chi connectivity index (χ4v) is 2.62. The van der Waals surface area contributed by atoms with Crippen molar-refractivity contribution in [1.82, 2.24) is 4.90 Å². The van der Waals surface area contributed by atoms with Gasteiger partial charge in [-0.1, -0.05) is 0 Å². The number of fused-ring (bicyclic) bond motifs is 1. The number of hydrogen-bond donors (Lipinski definition) is 1. The quantitative estimate of drug-likeness (QED) is 0.673. The van der Waals surface area contributed by atoms with Crippen LogP contribution in [0.4, 0.5) is 18.9 Å². The van der Waals surface area contributed by atoms with Crippen molar-refractivity contribution >= 4 is 5.69 Å². The average Bonchev–Trinajstić information content (AvgIpc) is 2.67. The molecule has 0 bridgehead atoms. The Bertz CT molecular complexity index is 592. The molecule has 0 fully saturated rings. The second kappa shape index (κ2) is 6.71. The first-order chi connectivity index (χ1) is 10.7. The van der Waals surface area contributed by atoms with E-state index < -0.39 is 23.7 Å². The van der Waals surface area contributed by atoms with Crippen molar-refractivity contribution in [3.63, 3.8) is 0 Å². The van der Waals surface area contributed by atoms with E-state index >= 15 is 0 Å². The summed E-state index contributed by atoms with van der Waals surface area (Å²) >= 11 is 0. The van der Waals surface area contributed by atoms with Crippen LogP contribution in [0.2, 0.25) is 0 Å². The minimum Gasteiger partial charge on any atom is -0.490 e. The molecule has 0 aliphatic carbocycles. The van der Waals surface area contributed by atoms with Gasteiger partial charge in [0, 0.05) is 25.7 Å². The Morgan fingerprint density at radius 1 is 1.35 bits per heavy atom. The van der Waals surface area contributed by atoms with E-state index in [1.807, 2.05) is 0 Å². The van der Waals surface area contributed by atoms with Crippen molar-refractivity contribution in [2.45, 2.75) is 25.1 Å². The lowest BCUT2D eigenvalue weighted by atomic mass is 10.0. The highest BCUT2D eigenvalue weighted by Crippen LogP contribution is 2.32. The Labute approximate surface area is 130 Å². The fourth-order valence-electron chi connectivity index (χ4n) is 2.62. The maximum Gasteiger partial charge on any atom is 0.415 e. The Morgan fingerprint density at radius 3 is 2.39 bits per heavy atom. The molecule has 1 heterocycles. The number of β-amino-alcohol motifs (C(OH)–C–C–N with tert-alkyl or cyclic N) is 1. The summed E-state index contributed by atoms with van der Waals surface area (Å²) in [4.78, 5) is 12.0. The number of aliphatic hydroxyl groups excluding tert-OH is 1. The third-order valence-corrected chi connectivity index (χ3v) is 3.90. The molecule has 128 valence electrons. The molecule has 1 unspecified atom stereocenters. The fraction of sp³-hybridized carbons (Fsp3) is 0.571. The van der Waals surface area contributed by atoms with Gasteiger partial charge < -0.3 is 9.84 Å². The third-order valence-electron chi connectivity index (χ3n) is 3.90. The number of ether oxygens (including phenoxy) is 1. The van der Waals surface area contributed by atoms with Crippen molar-refractivity contribution in [3.05, 3.63) is 33.4 Å². The highest BCUT2D eigenvalue weighted by atomic mass is 19.4. The van der Waals surface area contributed by atoms with Gasteiger partial charge in [0.1, 0.15) is 0 Å². The third kappa shape index (κ3) is 4.11. The van der Waals surface area contributed by atoms with Crippen LogP contribution in [0.5, 0.6) is 5.75 Å². The van der Waals surface area contributed by atoms with Gasteiger partial charge in [-0.2, -0.15) is 13.2 Å². The summed E-state index contributed by atoms with van der Waals surface area (Å²) in [6, 6.07) is 2.98. The second-order valence-corrected chi connectivity index (χ2v) is 5.41.